The second-order valence-electron chi connectivity index (χ2n) is 5.60. The number of hydrogen-bond donors (Lipinski definition) is 1. The zero-order valence-corrected chi connectivity index (χ0v) is 14.4. The molecule has 1 fully saturated rings. The average Bonchev–Trinajstić information content (AvgIpc) is 2.87. The van der Waals surface area contributed by atoms with Crippen LogP contribution < -0.4 is 10.1 Å². The average molecular weight is 340 g/mol. The van der Waals surface area contributed by atoms with Gasteiger partial charge in [-0.3, -0.25) is 9.69 Å². The lowest BCUT2D eigenvalue weighted by molar-refractivity contribution is -0.117. The maximum absolute atomic E-state index is 12.3. The first-order valence-corrected chi connectivity index (χ1v) is 9.73. The van der Waals surface area contributed by atoms with E-state index in [1.54, 1.807) is 12.1 Å². The topological polar surface area (TPSA) is 75.7 Å². The maximum atomic E-state index is 12.3. The predicted octanol–water partition coefficient (Wildman–Crippen LogP) is 1.53. The molecule has 1 aromatic carbocycles. The molecule has 0 spiro atoms. The van der Waals surface area contributed by atoms with Crippen LogP contribution in [0.25, 0.3) is 0 Å². The summed E-state index contributed by atoms with van der Waals surface area (Å²) in [5.41, 5.74) is 0.634. The molecule has 23 heavy (non-hydrogen) atoms. The molecule has 0 aliphatic carbocycles. The summed E-state index contributed by atoms with van der Waals surface area (Å²) in [5, 5.41) is 2.85. The molecule has 1 aliphatic heterocycles. The third kappa shape index (κ3) is 4.94. The first-order chi connectivity index (χ1) is 10.9. The van der Waals surface area contributed by atoms with E-state index in [2.05, 4.69) is 5.32 Å². The number of carbonyl (C=O) groups is 1. The number of rotatable bonds is 7. The smallest absolute Gasteiger partial charge is 0.238 e. The minimum atomic E-state index is -2.95. The monoisotopic (exact) mass is 340 g/mol. The van der Waals surface area contributed by atoms with Crippen LogP contribution in [0.1, 0.15) is 20.3 Å². The van der Waals surface area contributed by atoms with Crippen molar-refractivity contribution in [2.75, 3.05) is 36.5 Å². The summed E-state index contributed by atoms with van der Waals surface area (Å²) in [6.07, 6.45) is 0.596. The fourth-order valence-electron chi connectivity index (χ4n) is 2.79. The second-order valence-corrected chi connectivity index (χ2v) is 7.83. The number of carbonyl (C=O) groups excluding carboxylic acids is 1. The molecule has 1 N–H and O–H groups in total. The number of ether oxygens (including phenoxy) is 1. The minimum Gasteiger partial charge on any atom is -0.492 e. The number of hydrogen-bond acceptors (Lipinski definition) is 5. The van der Waals surface area contributed by atoms with Crippen molar-refractivity contribution < 1.29 is 17.9 Å². The van der Waals surface area contributed by atoms with Crippen LogP contribution >= 0.6 is 0 Å². The van der Waals surface area contributed by atoms with E-state index < -0.39 is 9.84 Å². The summed E-state index contributed by atoms with van der Waals surface area (Å²) in [7, 11) is -2.95. The number of nitrogens with zero attached hydrogens (tertiary/aromatic N) is 1. The SMILES string of the molecule is CCOc1ccccc1NC(=O)CN(CC)C1CCS(=O)(=O)C1. The van der Waals surface area contributed by atoms with Crippen LogP contribution in [0.4, 0.5) is 5.69 Å². The fraction of sp³-hybridized carbons (Fsp3) is 0.562. The highest BCUT2D eigenvalue weighted by Gasteiger charge is 2.32. The van der Waals surface area contributed by atoms with E-state index in [1.165, 1.54) is 0 Å². The van der Waals surface area contributed by atoms with Crippen molar-refractivity contribution in [3.63, 3.8) is 0 Å². The Morgan fingerprint density at radius 1 is 1.35 bits per heavy atom. The van der Waals surface area contributed by atoms with Gasteiger partial charge in [-0.15, -0.1) is 0 Å². The van der Waals surface area contributed by atoms with Gasteiger partial charge in [0.1, 0.15) is 5.75 Å². The number of anilines is 1. The summed E-state index contributed by atoms with van der Waals surface area (Å²) in [6, 6.07) is 7.21. The van der Waals surface area contributed by atoms with Crippen molar-refractivity contribution >= 4 is 21.4 Å². The van der Waals surface area contributed by atoms with Gasteiger partial charge >= 0.3 is 0 Å². The molecule has 6 nitrogen and oxygen atoms in total. The van der Waals surface area contributed by atoms with Crippen LogP contribution in [0.15, 0.2) is 24.3 Å². The van der Waals surface area contributed by atoms with Gasteiger partial charge in [-0.05, 0) is 32.0 Å². The van der Waals surface area contributed by atoms with Crippen molar-refractivity contribution in [3.8, 4) is 5.75 Å². The van der Waals surface area contributed by atoms with Crippen molar-refractivity contribution in [2.45, 2.75) is 26.3 Å². The second kappa shape index (κ2) is 7.79. The summed E-state index contributed by atoms with van der Waals surface area (Å²) in [4.78, 5) is 14.2. The highest BCUT2D eigenvalue weighted by atomic mass is 32.2. The lowest BCUT2D eigenvalue weighted by Crippen LogP contribution is -2.41. The molecular formula is C16H24N2O4S. The molecule has 0 aromatic heterocycles. The van der Waals surface area contributed by atoms with Gasteiger partial charge in [0.05, 0.1) is 30.3 Å². The highest BCUT2D eigenvalue weighted by Crippen LogP contribution is 2.24. The van der Waals surface area contributed by atoms with E-state index in [9.17, 15) is 13.2 Å². The van der Waals surface area contributed by atoms with E-state index in [0.717, 1.165) is 0 Å². The lowest BCUT2D eigenvalue weighted by Gasteiger charge is -2.25. The molecular weight excluding hydrogens is 316 g/mol. The Labute approximate surface area is 137 Å². The van der Waals surface area contributed by atoms with Gasteiger partial charge in [0, 0.05) is 6.04 Å². The normalized spacial score (nSPS) is 19.7. The molecule has 128 valence electrons. The van der Waals surface area contributed by atoms with Crippen LogP contribution in [0.2, 0.25) is 0 Å². The number of benzene rings is 1. The maximum Gasteiger partial charge on any atom is 0.238 e. The summed E-state index contributed by atoms with van der Waals surface area (Å²) >= 11 is 0. The van der Waals surface area contributed by atoms with E-state index >= 15 is 0 Å². The molecule has 1 unspecified atom stereocenters. The van der Waals surface area contributed by atoms with Crippen molar-refractivity contribution in [1.29, 1.82) is 0 Å². The van der Waals surface area contributed by atoms with Gasteiger partial charge in [-0.1, -0.05) is 19.1 Å². The Hall–Kier alpha value is -1.60. The van der Waals surface area contributed by atoms with Crippen LogP contribution in [0.5, 0.6) is 5.75 Å². The number of likely N-dealkylation sites (N-methyl/N-ethyl adjacent to an activating group) is 1. The number of sulfone groups is 1. The van der Waals surface area contributed by atoms with E-state index in [0.29, 0.717) is 31.0 Å². The first-order valence-electron chi connectivity index (χ1n) is 7.91. The third-order valence-corrected chi connectivity index (χ3v) is 5.69. The minimum absolute atomic E-state index is 0.0714. The van der Waals surface area contributed by atoms with Crippen LogP contribution in [0.3, 0.4) is 0 Å². The van der Waals surface area contributed by atoms with E-state index in [1.807, 2.05) is 30.9 Å². The molecule has 0 bridgehead atoms. The van der Waals surface area contributed by atoms with Crippen LogP contribution in [-0.4, -0.2) is 56.5 Å². The van der Waals surface area contributed by atoms with Crippen molar-refractivity contribution in [3.05, 3.63) is 24.3 Å². The van der Waals surface area contributed by atoms with Gasteiger partial charge in [-0.25, -0.2) is 8.42 Å². The van der Waals surface area contributed by atoms with Crippen LogP contribution in [-0.2, 0) is 14.6 Å². The van der Waals surface area contributed by atoms with Crippen molar-refractivity contribution in [1.82, 2.24) is 4.90 Å². The van der Waals surface area contributed by atoms with E-state index in [-0.39, 0.29) is 30.0 Å². The first kappa shape index (κ1) is 17.7. The van der Waals surface area contributed by atoms with Gasteiger partial charge in [0.15, 0.2) is 9.84 Å². The van der Waals surface area contributed by atoms with E-state index in [4.69, 9.17) is 4.74 Å². The molecule has 1 atom stereocenters. The van der Waals surface area contributed by atoms with Gasteiger partial charge in [0.2, 0.25) is 5.91 Å². The van der Waals surface area contributed by atoms with Crippen molar-refractivity contribution in [2.24, 2.45) is 0 Å². The molecule has 1 aliphatic rings. The zero-order valence-electron chi connectivity index (χ0n) is 13.6. The molecule has 1 amide bonds. The Kier molecular flexibility index (Phi) is 6.01. The van der Waals surface area contributed by atoms with Crippen LogP contribution in [0, 0.1) is 0 Å². The summed E-state index contributed by atoms with van der Waals surface area (Å²) in [5.74, 6) is 0.824. The lowest BCUT2D eigenvalue weighted by atomic mass is 10.2. The fourth-order valence-corrected chi connectivity index (χ4v) is 4.55. The molecule has 2 rings (SSSR count). The zero-order chi connectivity index (χ0) is 16.9. The molecule has 1 heterocycles. The number of para-hydroxylation sites is 2. The highest BCUT2D eigenvalue weighted by molar-refractivity contribution is 7.91. The molecule has 1 saturated heterocycles. The largest absolute Gasteiger partial charge is 0.492 e. The Bertz CT molecular complexity index is 645. The predicted molar refractivity (Wildman–Crippen MR) is 90.5 cm³/mol. The number of nitrogens with one attached hydrogen (secondary N) is 1. The summed E-state index contributed by atoms with van der Waals surface area (Å²) < 4.78 is 28.7. The van der Waals surface area contributed by atoms with Gasteiger partial charge in [0.25, 0.3) is 0 Å². The molecule has 7 heteroatoms. The van der Waals surface area contributed by atoms with Gasteiger partial charge in [-0.2, -0.15) is 0 Å². The Balaban J connectivity index is 1.98. The quantitative estimate of drug-likeness (QED) is 0.815. The molecule has 1 aromatic rings. The Morgan fingerprint density at radius 3 is 2.70 bits per heavy atom. The Morgan fingerprint density at radius 2 is 2.09 bits per heavy atom. The molecule has 0 radical (unpaired) electrons. The standard InChI is InChI=1S/C16H24N2O4S/c1-3-18(13-9-10-23(20,21)12-13)11-16(19)17-14-7-5-6-8-15(14)22-4-2/h5-8,13H,3-4,9-12H2,1-2H3,(H,17,19). The third-order valence-electron chi connectivity index (χ3n) is 3.94. The van der Waals surface area contributed by atoms with Gasteiger partial charge < -0.3 is 10.1 Å². The number of amides is 1. The summed E-state index contributed by atoms with van der Waals surface area (Å²) in [6.45, 7) is 5.16. The molecule has 0 saturated carbocycles.